The molecule has 0 saturated carbocycles. The fourth-order valence-corrected chi connectivity index (χ4v) is 2.17. The molecule has 2 rings (SSSR count). The van der Waals surface area contributed by atoms with Crippen molar-refractivity contribution in [2.75, 3.05) is 13.2 Å². The minimum absolute atomic E-state index is 0.114. The quantitative estimate of drug-likeness (QED) is 0.536. The van der Waals surface area contributed by atoms with Crippen LogP contribution in [0.4, 0.5) is 4.79 Å². The molecule has 0 fully saturated rings. The molecule has 0 aliphatic carbocycles. The number of hydrogen-bond acceptors (Lipinski definition) is 5. The summed E-state index contributed by atoms with van der Waals surface area (Å²) in [4.78, 5) is 28.5. The van der Waals surface area contributed by atoms with Gasteiger partial charge in [0.2, 0.25) is 0 Å². The van der Waals surface area contributed by atoms with Crippen LogP contribution in [0.25, 0.3) is 0 Å². The molecule has 0 spiro atoms. The van der Waals surface area contributed by atoms with Gasteiger partial charge in [-0.25, -0.2) is 4.79 Å². The fraction of sp³-hybridized carbons (Fsp3) is 0.333. The van der Waals surface area contributed by atoms with Crippen LogP contribution in [0.3, 0.4) is 0 Å². The highest BCUT2D eigenvalue weighted by atomic mass is 16.7. The van der Waals surface area contributed by atoms with Crippen LogP contribution in [0.15, 0.2) is 54.6 Å². The Balaban J connectivity index is 1.66. The number of hydroxylamine groups is 1. The van der Waals surface area contributed by atoms with E-state index in [1.165, 1.54) is 0 Å². The average Bonchev–Trinajstić information content (AvgIpc) is 2.66. The molecule has 0 unspecified atom stereocenters. The molecule has 0 bridgehead atoms. The number of nitrogens with one attached hydrogen (secondary N) is 2. The fourth-order valence-electron chi connectivity index (χ4n) is 2.17. The van der Waals surface area contributed by atoms with Crippen LogP contribution >= 0.6 is 0 Å². The molecule has 2 aromatic rings. The maximum Gasteiger partial charge on any atom is 0.431 e. The molecule has 2 N–H and O–H groups in total. The first-order chi connectivity index (χ1) is 13.3. The summed E-state index contributed by atoms with van der Waals surface area (Å²) in [7, 11) is 0. The van der Waals surface area contributed by atoms with Crippen LogP contribution in [-0.2, 0) is 16.2 Å². The zero-order valence-corrected chi connectivity index (χ0v) is 16.4. The van der Waals surface area contributed by atoms with Crippen molar-refractivity contribution >= 4 is 12.0 Å². The highest BCUT2D eigenvalue weighted by Gasteiger charge is 2.15. The molecule has 0 atom stereocenters. The van der Waals surface area contributed by atoms with E-state index in [4.69, 9.17) is 14.3 Å². The van der Waals surface area contributed by atoms with E-state index in [9.17, 15) is 9.59 Å². The summed E-state index contributed by atoms with van der Waals surface area (Å²) >= 11 is 0. The molecule has 28 heavy (non-hydrogen) atoms. The van der Waals surface area contributed by atoms with Crippen LogP contribution in [0.2, 0.25) is 0 Å². The summed E-state index contributed by atoms with van der Waals surface area (Å²) in [6.45, 7) is 6.08. The van der Waals surface area contributed by atoms with Gasteiger partial charge in [-0.1, -0.05) is 30.3 Å². The Morgan fingerprint density at radius 1 is 0.964 bits per heavy atom. The van der Waals surface area contributed by atoms with Crippen molar-refractivity contribution in [1.29, 1.82) is 0 Å². The SMILES string of the molecule is CC(C)(C)OC(=O)NOCCNC(=O)c1ccc(OCc2ccccc2)cc1. The summed E-state index contributed by atoms with van der Waals surface area (Å²) in [5, 5.41) is 2.70. The van der Waals surface area contributed by atoms with E-state index in [0.29, 0.717) is 17.9 Å². The van der Waals surface area contributed by atoms with Crippen LogP contribution in [0, 0.1) is 0 Å². The van der Waals surface area contributed by atoms with Gasteiger partial charge in [0.25, 0.3) is 5.91 Å². The van der Waals surface area contributed by atoms with Crippen molar-refractivity contribution in [1.82, 2.24) is 10.8 Å². The van der Waals surface area contributed by atoms with Crippen molar-refractivity contribution in [3.05, 3.63) is 65.7 Å². The maximum atomic E-state index is 12.1. The van der Waals surface area contributed by atoms with Gasteiger partial charge in [-0.15, -0.1) is 0 Å². The largest absolute Gasteiger partial charge is 0.489 e. The Labute approximate surface area is 164 Å². The molecule has 150 valence electrons. The van der Waals surface area contributed by atoms with Crippen LogP contribution in [-0.4, -0.2) is 30.8 Å². The van der Waals surface area contributed by atoms with E-state index in [1.807, 2.05) is 30.3 Å². The lowest BCUT2D eigenvalue weighted by Gasteiger charge is -2.19. The molecular weight excluding hydrogens is 360 g/mol. The molecule has 2 amide bonds. The van der Waals surface area contributed by atoms with Crippen molar-refractivity contribution in [3.8, 4) is 5.75 Å². The Kier molecular flexibility index (Phi) is 7.83. The molecule has 0 aliphatic rings. The smallest absolute Gasteiger partial charge is 0.431 e. The molecule has 7 nitrogen and oxygen atoms in total. The lowest BCUT2D eigenvalue weighted by Crippen LogP contribution is -2.35. The topological polar surface area (TPSA) is 85.9 Å². The minimum Gasteiger partial charge on any atom is -0.489 e. The van der Waals surface area contributed by atoms with Gasteiger partial charge in [-0.05, 0) is 50.6 Å². The second-order valence-electron chi connectivity index (χ2n) is 7.01. The molecule has 0 heterocycles. The van der Waals surface area contributed by atoms with Crippen molar-refractivity contribution in [2.24, 2.45) is 0 Å². The molecule has 0 aromatic heterocycles. The minimum atomic E-state index is -0.676. The van der Waals surface area contributed by atoms with E-state index in [2.05, 4.69) is 10.8 Å². The molecular formula is C21H26N2O5. The predicted octanol–water partition coefficient (Wildman–Crippen LogP) is 3.45. The van der Waals surface area contributed by atoms with Crippen molar-refractivity contribution in [3.63, 3.8) is 0 Å². The first kappa shape index (κ1) is 21.2. The van der Waals surface area contributed by atoms with Gasteiger partial charge in [0, 0.05) is 12.1 Å². The van der Waals surface area contributed by atoms with E-state index in [1.54, 1.807) is 45.0 Å². The van der Waals surface area contributed by atoms with Crippen molar-refractivity contribution in [2.45, 2.75) is 33.0 Å². The summed E-state index contributed by atoms with van der Waals surface area (Å²) < 4.78 is 10.7. The highest BCUT2D eigenvalue weighted by molar-refractivity contribution is 5.94. The number of hydrogen-bond donors (Lipinski definition) is 2. The third-order valence-electron chi connectivity index (χ3n) is 3.41. The van der Waals surface area contributed by atoms with Gasteiger partial charge in [0.05, 0.1) is 6.61 Å². The Hall–Kier alpha value is -3.06. The number of carbonyl (C=O) groups excluding carboxylic acids is 2. The van der Waals surface area contributed by atoms with Crippen molar-refractivity contribution < 1.29 is 23.9 Å². The van der Waals surface area contributed by atoms with E-state index < -0.39 is 11.7 Å². The van der Waals surface area contributed by atoms with Crippen LogP contribution in [0.1, 0.15) is 36.7 Å². The predicted molar refractivity (Wildman–Crippen MR) is 105 cm³/mol. The Morgan fingerprint density at radius 3 is 2.29 bits per heavy atom. The zero-order valence-electron chi connectivity index (χ0n) is 16.4. The van der Waals surface area contributed by atoms with Gasteiger partial charge in [0.15, 0.2) is 0 Å². The monoisotopic (exact) mass is 386 g/mol. The van der Waals surface area contributed by atoms with Gasteiger partial charge in [-0.3, -0.25) is 9.63 Å². The lowest BCUT2D eigenvalue weighted by atomic mass is 10.2. The normalized spacial score (nSPS) is 10.8. The second-order valence-corrected chi connectivity index (χ2v) is 7.01. The van der Waals surface area contributed by atoms with Gasteiger partial charge in [-0.2, -0.15) is 5.48 Å². The van der Waals surface area contributed by atoms with Gasteiger partial charge < -0.3 is 14.8 Å². The van der Waals surface area contributed by atoms with Crippen LogP contribution in [0.5, 0.6) is 5.75 Å². The standard InChI is InChI=1S/C21H26N2O5/c1-21(2,3)28-20(25)23-27-14-13-22-19(24)17-9-11-18(12-10-17)26-15-16-7-5-4-6-8-16/h4-12H,13-15H2,1-3H3,(H,22,24)(H,23,25). The number of carbonyl (C=O) groups is 2. The first-order valence-corrected chi connectivity index (χ1v) is 8.99. The van der Waals surface area contributed by atoms with E-state index in [-0.39, 0.29) is 19.1 Å². The lowest BCUT2D eigenvalue weighted by molar-refractivity contribution is -0.00647. The first-order valence-electron chi connectivity index (χ1n) is 8.99. The number of benzene rings is 2. The zero-order chi connectivity index (χ0) is 20.4. The van der Waals surface area contributed by atoms with Gasteiger partial charge in [0.1, 0.15) is 18.0 Å². The molecule has 2 aromatic carbocycles. The average molecular weight is 386 g/mol. The third kappa shape index (κ3) is 8.09. The van der Waals surface area contributed by atoms with E-state index >= 15 is 0 Å². The number of ether oxygens (including phenoxy) is 2. The maximum absolute atomic E-state index is 12.1. The highest BCUT2D eigenvalue weighted by Crippen LogP contribution is 2.14. The summed E-state index contributed by atoms with van der Waals surface area (Å²) in [5.41, 5.74) is 3.14. The Morgan fingerprint density at radius 2 is 1.64 bits per heavy atom. The van der Waals surface area contributed by atoms with Gasteiger partial charge >= 0.3 is 6.09 Å². The summed E-state index contributed by atoms with van der Waals surface area (Å²) in [5.74, 6) is 0.445. The van der Waals surface area contributed by atoms with E-state index in [0.717, 1.165) is 5.56 Å². The molecule has 0 radical (unpaired) electrons. The summed E-state index contributed by atoms with van der Waals surface area (Å²) in [6.07, 6.45) is -0.676. The third-order valence-corrected chi connectivity index (χ3v) is 3.41. The Bertz CT molecular complexity index is 755. The molecule has 0 saturated heterocycles. The second kappa shape index (κ2) is 10.3. The molecule has 7 heteroatoms. The number of rotatable bonds is 8. The molecule has 0 aliphatic heterocycles. The summed E-state index contributed by atoms with van der Waals surface area (Å²) in [6, 6.07) is 16.7. The number of amides is 2. The van der Waals surface area contributed by atoms with Crippen LogP contribution < -0.4 is 15.5 Å².